The number of carbonyl (C=O) groups is 1. The molecule has 1 amide bonds. The molecule has 0 bridgehead atoms. The second kappa shape index (κ2) is 8.85. The van der Waals surface area contributed by atoms with Gasteiger partial charge in [-0.3, -0.25) is 4.79 Å². The Kier molecular flexibility index (Phi) is 6.82. The number of hydrogen-bond donors (Lipinski definition) is 1. The Morgan fingerprint density at radius 1 is 1.21 bits per heavy atom. The van der Waals surface area contributed by atoms with Gasteiger partial charge in [0.25, 0.3) is 0 Å². The molecule has 0 unspecified atom stereocenters. The maximum absolute atomic E-state index is 12.2. The van der Waals surface area contributed by atoms with E-state index in [1.54, 1.807) is 6.07 Å². The highest BCUT2D eigenvalue weighted by Gasteiger charge is 2.12. The molecular formula is C18H21ClN2O2S. The van der Waals surface area contributed by atoms with Crippen molar-refractivity contribution in [2.45, 2.75) is 11.8 Å². The summed E-state index contributed by atoms with van der Waals surface area (Å²) in [7, 11) is 3.79. The molecule has 0 aliphatic heterocycles. The van der Waals surface area contributed by atoms with Gasteiger partial charge in [-0.25, -0.2) is 0 Å². The summed E-state index contributed by atoms with van der Waals surface area (Å²) in [6.07, 6.45) is 0. The van der Waals surface area contributed by atoms with Crippen molar-refractivity contribution in [2.75, 3.05) is 36.7 Å². The van der Waals surface area contributed by atoms with E-state index in [1.807, 2.05) is 62.3 Å². The summed E-state index contributed by atoms with van der Waals surface area (Å²) in [5, 5.41) is 3.53. The molecule has 6 heteroatoms. The summed E-state index contributed by atoms with van der Waals surface area (Å²) >= 11 is 7.69. The number of anilines is 2. The zero-order valence-electron chi connectivity index (χ0n) is 14.0. The van der Waals surface area contributed by atoms with Crippen molar-refractivity contribution >= 4 is 40.6 Å². The lowest BCUT2D eigenvalue weighted by Gasteiger charge is -2.19. The van der Waals surface area contributed by atoms with E-state index in [4.69, 9.17) is 16.3 Å². The van der Waals surface area contributed by atoms with Crippen LogP contribution in [0.3, 0.4) is 0 Å². The Balaban J connectivity index is 1.95. The number of para-hydroxylation sites is 1. The van der Waals surface area contributed by atoms with E-state index >= 15 is 0 Å². The van der Waals surface area contributed by atoms with Crippen LogP contribution in [0.1, 0.15) is 6.92 Å². The average molecular weight is 365 g/mol. The molecule has 1 N–H and O–H groups in total. The highest BCUT2D eigenvalue weighted by atomic mass is 35.5. The average Bonchev–Trinajstić information content (AvgIpc) is 2.54. The topological polar surface area (TPSA) is 41.6 Å². The number of amides is 1. The van der Waals surface area contributed by atoms with Crippen LogP contribution in [0.2, 0.25) is 5.02 Å². The zero-order chi connectivity index (χ0) is 17.5. The zero-order valence-corrected chi connectivity index (χ0v) is 15.6. The third kappa shape index (κ3) is 5.08. The van der Waals surface area contributed by atoms with Crippen molar-refractivity contribution in [1.82, 2.24) is 0 Å². The molecule has 2 rings (SSSR count). The lowest BCUT2D eigenvalue weighted by atomic mass is 10.2. The number of ether oxygens (including phenoxy) is 1. The fourth-order valence-electron chi connectivity index (χ4n) is 2.20. The summed E-state index contributed by atoms with van der Waals surface area (Å²) in [5.41, 5.74) is 1.52. The maximum atomic E-state index is 12.2. The third-order valence-electron chi connectivity index (χ3n) is 3.21. The van der Waals surface area contributed by atoms with Crippen LogP contribution in [0.25, 0.3) is 0 Å². The fraction of sp³-hybridized carbons (Fsp3) is 0.278. The minimum atomic E-state index is -0.0701. The van der Waals surface area contributed by atoms with E-state index in [2.05, 4.69) is 5.32 Å². The first kappa shape index (κ1) is 18.5. The molecule has 2 aromatic rings. The highest BCUT2D eigenvalue weighted by Crippen LogP contribution is 2.32. The van der Waals surface area contributed by atoms with Gasteiger partial charge < -0.3 is 15.0 Å². The largest absolute Gasteiger partial charge is 0.494 e. The van der Waals surface area contributed by atoms with E-state index in [9.17, 15) is 4.79 Å². The molecule has 0 heterocycles. The number of benzene rings is 2. The third-order valence-corrected chi connectivity index (χ3v) is 4.53. The molecule has 0 aliphatic carbocycles. The number of thioether (sulfide) groups is 1. The maximum Gasteiger partial charge on any atom is 0.234 e. The predicted octanol–water partition coefficient (Wildman–Crippen LogP) is 4.54. The van der Waals surface area contributed by atoms with Crippen LogP contribution in [0.15, 0.2) is 47.4 Å². The number of carbonyl (C=O) groups excluding carboxylic acids is 1. The van der Waals surface area contributed by atoms with Crippen molar-refractivity contribution in [3.8, 4) is 5.75 Å². The predicted molar refractivity (Wildman–Crippen MR) is 103 cm³/mol. The van der Waals surface area contributed by atoms with Gasteiger partial charge in [-0.1, -0.05) is 17.7 Å². The first-order chi connectivity index (χ1) is 11.5. The molecule has 0 atom stereocenters. The van der Waals surface area contributed by atoms with E-state index in [1.165, 1.54) is 11.8 Å². The normalized spacial score (nSPS) is 10.3. The quantitative estimate of drug-likeness (QED) is 0.732. The van der Waals surface area contributed by atoms with Gasteiger partial charge in [0.05, 0.1) is 28.8 Å². The second-order valence-corrected chi connectivity index (χ2v) is 6.73. The number of halogens is 1. The van der Waals surface area contributed by atoms with Crippen LogP contribution in [0.4, 0.5) is 11.4 Å². The van der Waals surface area contributed by atoms with Crippen molar-refractivity contribution in [2.24, 2.45) is 0 Å². The molecule has 2 aromatic carbocycles. The number of rotatable bonds is 7. The van der Waals surface area contributed by atoms with Crippen LogP contribution >= 0.6 is 23.4 Å². The van der Waals surface area contributed by atoms with E-state index in [0.29, 0.717) is 23.1 Å². The van der Waals surface area contributed by atoms with Gasteiger partial charge in [0.1, 0.15) is 5.75 Å². The lowest BCUT2D eigenvalue weighted by molar-refractivity contribution is -0.113. The minimum absolute atomic E-state index is 0.0701. The Bertz CT molecular complexity index is 690. The van der Waals surface area contributed by atoms with Crippen LogP contribution in [-0.4, -0.2) is 32.4 Å². The smallest absolute Gasteiger partial charge is 0.234 e. The van der Waals surface area contributed by atoms with Crippen molar-refractivity contribution in [3.63, 3.8) is 0 Å². The molecule has 0 saturated carbocycles. The lowest BCUT2D eigenvalue weighted by Crippen LogP contribution is -2.18. The number of hydrogen-bond acceptors (Lipinski definition) is 4. The summed E-state index contributed by atoms with van der Waals surface area (Å²) < 4.78 is 5.41. The molecule has 0 aromatic heterocycles. The number of nitrogens with one attached hydrogen (secondary N) is 1. The minimum Gasteiger partial charge on any atom is -0.494 e. The molecule has 128 valence electrons. The fourth-order valence-corrected chi connectivity index (χ4v) is 3.25. The van der Waals surface area contributed by atoms with Gasteiger partial charge >= 0.3 is 0 Å². The first-order valence-electron chi connectivity index (χ1n) is 7.62. The van der Waals surface area contributed by atoms with Gasteiger partial charge in [-0.2, -0.15) is 0 Å². The van der Waals surface area contributed by atoms with E-state index in [0.717, 1.165) is 16.3 Å². The molecule has 0 fully saturated rings. The Morgan fingerprint density at radius 3 is 2.54 bits per heavy atom. The van der Waals surface area contributed by atoms with E-state index in [-0.39, 0.29) is 5.91 Å². The van der Waals surface area contributed by atoms with E-state index < -0.39 is 0 Å². The van der Waals surface area contributed by atoms with Crippen LogP contribution < -0.4 is 15.0 Å². The summed E-state index contributed by atoms with van der Waals surface area (Å²) in [6, 6.07) is 13.2. The van der Waals surface area contributed by atoms with Crippen LogP contribution in [-0.2, 0) is 4.79 Å². The van der Waals surface area contributed by atoms with Crippen LogP contribution in [0, 0.1) is 0 Å². The molecule has 0 spiro atoms. The molecule has 4 nitrogen and oxygen atoms in total. The monoisotopic (exact) mass is 364 g/mol. The summed E-state index contributed by atoms with van der Waals surface area (Å²) in [4.78, 5) is 15.1. The molecular weight excluding hydrogens is 344 g/mol. The Labute approximate surface area is 152 Å². The number of nitrogens with zero attached hydrogens (tertiary/aromatic N) is 1. The van der Waals surface area contributed by atoms with Crippen molar-refractivity contribution < 1.29 is 9.53 Å². The molecule has 24 heavy (non-hydrogen) atoms. The van der Waals surface area contributed by atoms with Crippen molar-refractivity contribution in [1.29, 1.82) is 0 Å². The van der Waals surface area contributed by atoms with Crippen molar-refractivity contribution in [3.05, 3.63) is 47.5 Å². The Morgan fingerprint density at radius 2 is 1.92 bits per heavy atom. The standard InChI is InChI=1S/C18H21ClN2O2S/c1-4-23-13-8-10-14(11-9-13)24-12-17(22)20-16-7-5-6-15(19)18(16)21(2)3/h5-11H,4,12H2,1-3H3,(H,20,22). The van der Waals surface area contributed by atoms with Gasteiger partial charge in [0.2, 0.25) is 5.91 Å². The SMILES string of the molecule is CCOc1ccc(SCC(=O)Nc2cccc(Cl)c2N(C)C)cc1. The van der Waals surface area contributed by atoms with Gasteiger partial charge in [0, 0.05) is 19.0 Å². The van der Waals surface area contributed by atoms with Gasteiger partial charge in [0.15, 0.2) is 0 Å². The summed E-state index contributed by atoms with van der Waals surface area (Å²) in [6.45, 7) is 2.59. The second-order valence-electron chi connectivity index (χ2n) is 5.27. The van der Waals surface area contributed by atoms with Gasteiger partial charge in [-0.05, 0) is 43.3 Å². The highest BCUT2D eigenvalue weighted by molar-refractivity contribution is 8.00. The van der Waals surface area contributed by atoms with Gasteiger partial charge in [-0.15, -0.1) is 11.8 Å². The Hall–Kier alpha value is -1.85. The van der Waals surface area contributed by atoms with Crippen LogP contribution in [0.5, 0.6) is 5.75 Å². The molecule has 0 radical (unpaired) electrons. The molecule has 0 saturated heterocycles. The molecule has 0 aliphatic rings. The first-order valence-corrected chi connectivity index (χ1v) is 8.99. The summed E-state index contributed by atoms with van der Waals surface area (Å²) in [5.74, 6) is 1.09.